The summed E-state index contributed by atoms with van der Waals surface area (Å²) >= 11 is 8.05. The summed E-state index contributed by atoms with van der Waals surface area (Å²) in [5.41, 5.74) is -0.0208. The molecule has 0 bridgehead atoms. The van der Waals surface area contributed by atoms with Crippen LogP contribution in [0.4, 0.5) is 5.69 Å². The zero-order valence-corrected chi connectivity index (χ0v) is 17.4. The van der Waals surface area contributed by atoms with Gasteiger partial charge in [-0.15, -0.1) is 11.3 Å². The van der Waals surface area contributed by atoms with Crippen LogP contribution in [0, 0.1) is 0 Å². The fourth-order valence-corrected chi connectivity index (χ4v) is 4.63. The van der Waals surface area contributed by atoms with Gasteiger partial charge in [-0.25, -0.2) is 4.79 Å². The number of thiophene rings is 1. The number of carbonyl (C=O) groups excluding carboxylic acids is 2. The molecule has 1 aliphatic rings. The summed E-state index contributed by atoms with van der Waals surface area (Å²) in [4.78, 5) is 38.7. The van der Waals surface area contributed by atoms with E-state index in [0.29, 0.717) is 22.2 Å². The number of carboxylic acid groups (broad SMARTS) is 1. The van der Waals surface area contributed by atoms with Crippen LogP contribution >= 0.6 is 35.3 Å². The number of phenols is 1. The van der Waals surface area contributed by atoms with Crippen LogP contribution < -0.4 is 5.32 Å². The molecule has 0 unspecified atom stereocenters. The van der Waals surface area contributed by atoms with E-state index < -0.39 is 5.97 Å². The van der Waals surface area contributed by atoms with Crippen molar-refractivity contribution >= 4 is 69.2 Å². The first-order valence-corrected chi connectivity index (χ1v) is 10.6. The van der Waals surface area contributed by atoms with Crippen molar-refractivity contribution in [3.63, 3.8) is 0 Å². The minimum atomic E-state index is -1.29. The van der Waals surface area contributed by atoms with E-state index in [2.05, 4.69) is 5.32 Å². The minimum Gasteiger partial charge on any atom is -0.507 e. The number of hydrogen-bond acceptors (Lipinski definition) is 7. The number of nitrogens with zero attached hydrogens (tertiary/aromatic N) is 1. The smallest absolute Gasteiger partial charge is 0.339 e. The van der Waals surface area contributed by atoms with Crippen LogP contribution in [0.5, 0.6) is 5.75 Å². The van der Waals surface area contributed by atoms with E-state index in [1.807, 2.05) is 23.6 Å². The quantitative estimate of drug-likeness (QED) is 0.336. The average Bonchev–Trinajstić information content (AvgIpc) is 3.27. The Balaban J connectivity index is 1.53. The molecule has 7 nitrogen and oxygen atoms in total. The van der Waals surface area contributed by atoms with Crippen molar-refractivity contribution in [2.75, 3.05) is 11.9 Å². The van der Waals surface area contributed by atoms with Gasteiger partial charge in [0, 0.05) is 23.5 Å². The van der Waals surface area contributed by atoms with Crippen molar-refractivity contribution in [1.82, 2.24) is 4.90 Å². The highest BCUT2D eigenvalue weighted by Gasteiger charge is 2.31. The summed E-state index contributed by atoms with van der Waals surface area (Å²) in [6.07, 6.45) is 2.33. The summed E-state index contributed by atoms with van der Waals surface area (Å²) in [6.45, 7) is 0.315. The molecule has 2 amide bonds. The minimum absolute atomic E-state index is 0.129. The standard InChI is InChI=1S/C19H16N2O5S3/c22-14-6-5-11(9-13(14)18(25)26)20-16(23)4-1-7-21-17(24)15(29-19(21)27)10-12-3-2-8-28-12/h2-3,5-6,8-10,22H,1,4,7H2,(H,20,23)(H,25,26)/b15-10-. The maximum absolute atomic E-state index is 12.5. The van der Waals surface area contributed by atoms with Gasteiger partial charge in [0.15, 0.2) is 0 Å². The third-order valence-electron chi connectivity index (χ3n) is 3.99. The van der Waals surface area contributed by atoms with Gasteiger partial charge in [0.1, 0.15) is 15.6 Å². The average molecular weight is 449 g/mol. The van der Waals surface area contributed by atoms with Crippen LogP contribution in [0.1, 0.15) is 28.1 Å². The first kappa shape index (κ1) is 21.0. The lowest BCUT2D eigenvalue weighted by Gasteiger charge is -2.14. The summed E-state index contributed by atoms with van der Waals surface area (Å²) in [7, 11) is 0. The Bertz CT molecular complexity index is 1000. The van der Waals surface area contributed by atoms with E-state index in [0.717, 1.165) is 4.88 Å². The number of thiocarbonyl (C=S) groups is 1. The molecule has 2 aromatic rings. The molecule has 1 fully saturated rings. The Morgan fingerprint density at radius 1 is 1.28 bits per heavy atom. The zero-order valence-electron chi connectivity index (χ0n) is 15.0. The Kier molecular flexibility index (Phi) is 6.68. The largest absolute Gasteiger partial charge is 0.507 e. The van der Waals surface area contributed by atoms with Crippen LogP contribution in [0.15, 0.2) is 40.6 Å². The first-order valence-electron chi connectivity index (χ1n) is 8.50. The zero-order chi connectivity index (χ0) is 21.0. The Labute approximate surface area is 180 Å². The Morgan fingerprint density at radius 3 is 2.76 bits per heavy atom. The van der Waals surface area contributed by atoms with Crippen LogP contribution in [0.25, 0.3) is 6.08 Å². The van der Waals surface area contributed by atoms with Crippen molar-refractivity contribution in [3.05, 3.63) is 51.1 Å². The number of nitrogens with one attached hydrogen (secondary N) is 1. The molecule has 3 N–H and O–H groups in total. The monoisotopic (exact) mass is 448 g/mol. The van der Waals surface area contributed by atoms with Crippen molar-refractivity contribution in [3.8, 4) is 5.75 Å². The van der Waals surface area contributed by atoms with Gasteiger partial charge in [0.05, 0.1) is 4.91 Å². The fourth-order valence-electron chi connectivity index (χ4n) is 2.60. The molecule has 3 rings (SSSR count). The number of amides is 2. The lowest BCUT2D eigenvalue weighted by atomic mass is 10.1. The van der Waals surface area contributed by atoms with E-state index in [4.69, 9.17) is 17.3 Å². The third kappa shape index (κ3) is 5.22. The lowest BCUT2D eigenvalue weighted by molar-refractivity contribution is -0.122. The summed E-state index contributed by atoms with van der Waals surface area (Å²) < 4.78 is 0.461. The molecule has 1 aromatic carbocycles. The van der Waals surface area contributed by atoms with Crippen LogP contribution in [-0.4, -0.2) is 43.8 Å². The van der Waals surface area contributed by atoms with E-state index in [-0.39, 0.29) is 35.2 Å². The van der Waals surface area contributed by atoms with Crippen LogP contribution in [0.3, 0.4) is 0 Å². The van der Waals surface area contributed by atoms with Crippen LogP contribution in [-0.2, 0) is 9.59 Å². The highest BCUT2D eigenvalue weighted by atomic mass is 32.2. The number of carboxylic acids is 1. The normalized spacial score (nSPS) is 15.2. The van der Waals surface area contributed by atoms with Crippen molar-refractivity contribution in [1.29, 1.82) is 0 Å². The van der Waals surface area contributed by atoms with Gasteiger partial charge >= 0.3 is 5.97 Å². The second kappa shape index (κ2) is 9.21. The number of benzene rings is 1. The van der Waals surface area contributed by atoms with E-state index in [1.165, 1.54) is 46.2 Å². The summed E-state index contributed by atoms with van der Waals surface area (Å²) in [5.74, 6) is -2.16. The van der Waals surface area contributed by atoms with Gasteiger partial charge < -0.3 is 15.5 Å². The number of carbonyl (C=O) groups is 3. The van der Waals surface area contributed by atoms with E-state index >= 15 is 0 Å². The van der Waals surface area contributed by atoms with Gasteiger partial charge in [-0.2, -0.15) is 0 Å². The molecule has 0 radical (unpaired) electrons. The van der Waals surface area contributed by atoms with Crippen molar-refractivity contribution in [2.24, 2.45) is 0 Å². The van der Waals surface area contributed by atoms with Gasteiger partial charge in [-0.1, -0.05) is 30.0 Å². The molecular weight excluding hydrogens is 432 g/mol. The van der Waals surface area contributed by atoms with E-state index in [9.17, 15) is 19.5 Å². The highest BCUT2D eigenvalue weighted by molar-refractivity contribution is 8.26. The molecule has 0 aliphatic carbocycles. The molecule has 2 heterocycles. The van der Waals surface area contributed by atoms with Crippen LogP contribution in [0.2, 0.25) is 0 Å². The molecule has 29 heavy (non-hydrogen) atoms. The molecule has 1 saturated heterocycles. The number of hydrogen-bond donors (Lipinski definition) is 3. The number of anilines is 1. The fraction of sp³-hybridized carbons (Fsp3) is 0.158. The van der Waals surface area contributed by atoms with Gasteiger partial charge in [0.2, 0.25) is 5.91 Å². The summed E-state index contributed by atoms with van der Waals surface area (Å²) in [6, 6.07) is 7.63. The molecule has 0 spiro atoms. The van der Waals surface area contributed by atoms with Crippen molar-refractivity contribution in [2.45, 2.75) is 12.8 Å². The molecule has 0 atom stereocenters. The molecule has 10 heteroatoms. The molecule has 150 valence electrons. The third-order valence-corrected chi connectivity index (χ3v) is 6.18. The topological polar surface area (TPSA) is 107 Å². The summed E-state index contributed by atoms with van der Waals surface area (Å²) in [5, 5.41) is 23.0. The molecular formula is C19H16N2O5S3. The Morgan fingerprint density at radius 2 is 2.07 bits per heavy atom. The Hall–Kier alpha value is -2.69. The molecule has 0 saturated carbocycles. The van der Waals surface area contributed by atoms with Crippen molar-refractivity contribution < 1.29 is 24.6 Å². The second-order valence-electron chi connectivity index (χ2n) is 6.04. The van der Waals surface area contributed by atoms with Gasteiger partial charge in [0.25, 0.3) is 5.91 Å². The maximum atomic E-state index is 12.5. The number of aromatic carboxylic acids is 1. The van der Waals surface area contributed by atoms with Gasteiger partial charge in [-0.05, 0) is 42.1 Å². The number of thioether (sulfide) groups is 1. The number of rotatable bonds is 7. The lowest BCUT2D eigenvalue weighted by Crippen LogP contribution is -2.29. The van der Waals surface area contributed by atoms with E-state index in [1.54, 1.807) is 0 Å². The predicted octanol–water partition coefficient (Wildman–Crippen LogP) is 3.77. The second-order valence-corrected chi connectivity index (χ2v) is 8.69. The molecule has 1 aromatic heterocycles. The first-order chi connectivity index (χ1) is 13.8. The van der Waals surface area contributed by atoms with Gasteiger partial charge in [-0.3, -0.25) is 14.5 Å². The highest BCUT2D eigenvalue weighted by Crippen LogP contribution is 2.33. The maximum Gasteiger partial charge on any atom is 0.339 e. The number of aromatic hydroxyl groups is 1. The SMILES string of the molecule is O=C(CCCN1C(=O)/C(=C/c2cccs2)SC1=S)Nc1ccc(O)c(C(=O)O)c1. The molecule has 1 aliphatic heterocycles. The predicted molar refractivity (Wildman–Crippen MR) is 117 cm³/mol.